The molecule has 30 heavy (non-hydrogen) atoms. The molecule has 0 bridgehead atoms. The average Bonchev–Trinajstić information content (AvgIpc) is 3.20. The van der Waals surface area contributed by atoms with Crippen LogP contribution in [0.2, 0.25) is 0 Å². The first kappa shape index (κ1) is 20.0. The Morgan fingerprint density at radius 2 is 1.83 bits per heavy atom. The van der Waals surface area contributed by atoms with Crippen LogP contribution in [0.3, 0.4) is 0 Å². The van der Waals surface area contributed by atoms with Gasteiger partial charge in [-0.25, -0.2) is 4.98 Å². The second-order valence-corrected chi connectivity index (χ2v) is 8.06. The Morgan fingerprint density at radius 1 is 1.07 bits per heavy atom. The van der Waals surface area contributed by atoms with E-state index in [2.05, 4.69) is 20.9 Å². The first-order chi connectivity index (χ1) is 14.6. The highest BCUT2D eigenvalue weighted by Gasteiger charge is 2.16. The van der Waals surface area contributed by atoms with Gasteiger partial charge in [0.05, 0.1) is 11.3 Å². The molecule has 0 aliphatic carbocycles. The molecule has 2 heterocycles. The highest BCUT2D eigenvalue weighted by Crippen LogP contribution is 2.29. The second kappa shape index (κ2) is 8.61. The zero-order valence-electron chi connectivity index (χ0n) is 16.5. The second-order valence-electron chi connectivity index (χ2n) is 6.74. The highest BCUT2D eigenvalue weighted by atomic mass is 32.1. The summed E-state index contributed by atoms with van der Waals surface area (Å²) in [5, 5.41) is 12.1. The average molecular weight is 433 g/mol. The third-order valence-corrected chi connectivity index (χ3v) is 6.15. The Bertz CT molecular complexity index is 1250. The number of nitrogens with one attached hydrogen (secondary N) is 3. The largest absolute Gasteiger partial charge is 0.379 e. The topological polar surface area (TPSA) is 66.1 Å². The summed E-state index contributed by atoms with van der Waals surface area (Å²) in [6.07, 6.45) is 1.69. The van der Waals surface area contributed by atoms with Crippen molar-refractivity contribution < 1.29 is 4.79 Å². The Hall–Kier alpha value is -3.29. The number of pyridine rings is 1. The molecule has 4 aromatic rings. The Kier molecular flexibility index (Phi) is 5.74. The van der Waals surface area contributed by atoms with E-state index in [0.29, 0.717) is 22.1 Å². The van der Waals surface area contributed by atoms with Gasteiger partial charge in [-0.3, -0.25) is 4.79 Å². The molecule has 3 N–H and O–H groups in total. The predicted molar refractivity (Wildman–Crippen MR) is 129 cm³/mol. The highest BCUT2D eigenvalue weighted by molar-refractivity contribution is 7.80. The van der Waals surface area contributed by atoms with Crippen LogP contribution < -0.4 is 16.0 Å². The number of anilines is 3. The lowest BCUT2D eigenvalue weighted by molar-refractivity contribution is 0.102. The molecule has 0 unspecified atom stereocenters. The van der Waals surface area contributed by atoms with Crippen molar-refractivity contribution in [3.8, 4) is 0 Å². The summed E-state index contributed by atoms with van der Waals surface area (Å²) in [5.41, 5.74) is 3.93. The molecule has 2 aromatic carbocycles. The number of hydrogen-bond donors (Lipinski definition) is 3. The molecule has 0 saturated carbocycles. The van der Waals surface area contributed by atoms with E-state index in [1.807, 2.05) is 66.9 Å². The monoisotopic (exact) mass is 432 g/mol. The van der Waals surface area contributed by atoms with Crippen molar-refractivity contribution in [3.63, 3.8) is 0 Å². The summed E-state index contributed by atoms with van der Waals surface area (Å²) in [6, 6.07) is 17.6. The smallest absolute Gasteiger partial charge is 0.257 e. The Labute approximate surface area is 184 Å². The molecule has 0 radical (unpaired) electrons. The van der Waals surface area contributed by atoms with Crippen LogP contribution >= 0.6 is 23.6 Å². The van der Waals surface area contributed by atoms with E-state index >= 15 is 0 Å². The minimum Gasteiger partial charge on any atom is -0.379 e. The number of benzene rings is 2. The van der Waals surface area contributed by atoms with Gasteiger partial charge in [-0.2, -0.15) is 0 Å². The number of carbonyl (C=O) groups is 1. The first-order valence-corrected chi connectivity index (χ1v) is 10.7. The number of thiophene rings is 1. The van der Waals surface area contributed by atoms with Gasteiger partial charge in [0.2, 0.25) is 0 Å². The Morgan fingerprint density at radius 3 is 2.63 bits per heavy atom. The SMILES string of the molecule is CNC(=S)c1cnc(Nc2ccccc2C)c(NC(=O)c2csc3ccccc23)c1. The van der Waals surface area contributed by atoms with Gasteiger partial charge < -0.3 is 16.0 Å². The third-order valence-electron chi connectivity index (χ3n) is 4.75. The van der Waals surface area contributed by atoms with E-state index in [1.165, 1.54) is 0 Å². The lowest BCUT2D eigenvalue weighted by atomic mass is 10.1. The van der Waals surface area contributed by atoms with Crippen molar-refractivity contribution in [2.45, 2.75) is 6.92 Å². The lowest BCUT2D eigenvalue weighted by Crippen LogP contribution is -2.19. The van der Waals surface area contributed by atoms with Gasteiger partial charge in [0.1, 0.15) is 4.99 Å². The van der Waals surface area contributed by atoms with Crippen LogP contribution in [-0.2, 0) is 0 Å². The van der Waals surface area contributed by atoms with E-state index in [9.17, 15) is 4.79 Å². The number of hydrogen-bond acceptors (Lipinski definition) is 5. The van der Waals surface area contributed by atoms with Gasteiger partial charge in [-0.05, 0) is 30.7 Å². The number of aromatic nitrogens is 1. The van der Waals surface area contributed by atoms with Crippen molar-refractivity contribution in [2.75, 3.05) is 17.7 Å². The van der Waals surface area contributed by atoms with Crippen LogP contribution in [0.15, 0.2) is 66.2 Å². The van der Waals surface area contributed by atoms with Crippen molar-refractivity contribution in [2.24, 2.45) is 0 Å². The molecule has 150 valence electrons. The fourth-order valence-electron chi connectivity index (χ4n) is 3.11. The summed E-state index contributed by atoms with van der Waals surface area (Å²) in [6.45, 7) is 2.02. The molecular weight excluding hydrogens is 412 g/mol. The van der Waals surface area contributed by atoms with Crippen molar-refractivity contribution in [1.29, 1.82) is 0 Å². The van der Waals surface area contributed by atoms with Crippen molar-refractivity contribution >= 4 is 61.7 Å². The number of aryl methyl sites for hydroxylation is 1. The normalized spacial score (nSPS) is 10.6. The van der Waals surface area contributed by atoms with Crippen LogP contribution in [0.1, 0.15) is 21.5 Å². The summed E-state index contributed by atoms with van der Waals surface area (Å²) < 4.78 is 1.07. The van der Waals surface area contributed by atoms with Crippen LogP contribution in [0.4, 0.5) is 17.2 Å². The minimum atomic E-state index is -0.186. The van der Waals surface area contributed by atoms with Gasteiger partial charge in [-0.15, -0.1) is 11.3 Å². The molecule has 0 spiro atoms. The molecule has 7 heteroatoms. The molecule has 4 rings (SSSR count). The maximum atomic E-state index is 13.1. The molecule has 1 amide bonds. The summed E-state index contributed by atoms with van der Waals surface area (Å²) in [7, 11) is 1.76. The van der Waals surface area contributed by atoms with Crippen LogP contribution in [0.25, 0.3) is 10.1 Å². The number of carbonyl (C=O) groups excluding carboxylic acids is 1. The maximum absolute atomic E-state index is 13.1. The molecule has 5 nitrogen and oxygen atoms in total. The van der Waals surface area contributed by atoms with E-state index in [1.54, 1.807) is 24.6 Å². The number of thiocarbonyl (C=S) groups is 1. The van der Waals surface area contributed by atoms with Crippen LogP contribution in [-0.4, -0.2) is 22.9 Å². The van der Waals surface area contributed by atoms with Crippen LogP contribution in [0.5, 0.6) is 0 Å². The fourth-order valence-corrected chi connectivity index (χ4v) is 4.16. The summed E-state index contributed by atoms with van der Waals surface area (Å²) in [4.78, 5) is 18.2. The number of nitrogens with zero attached hydrogens (tertiary/aromatic N) is 1. The molecule has 0 fully saturated rings. The maximum Gasteiger partial charge on any atom is 0.257 e. The minimum absolute atomic E-state index is 0.186. The third kappa shape index (κ3) is 4.03. The fraction of sp³-hybridized carbons (Fsp3) is 0.0870. The molecule has 0 aliphatic rings. The quantitative estimate of drug-likeness (QED) is 0.364. The van der Waals surface area contributed by atoms with Crippen LogP contribution in [0, 0.1) is 6.92 Å². The number of para-hydroxylation sites is 1. The van der Waals surface area contributed by atoms with Crippen molar-refractivity contribution in [3.05, 3.63) is 82.9 Å². The molecule has 2 aromatic heterocycles. The zero-order valence-corrected chi connectivity index (χ0v) is 18.2. The van der Waals surface area contributed by atoms with E-state index in [4.69, 9.17) is 12.2 Å². The number of fused-ring (bicyclic) bond motifs is 1. The standard InChI is InChI=1S/C23H20N4OS2/c1-14-7-3-5-9-18(14)26-21-19(11-15(12-25-21)23(29)24-2)27-22(28)17-13-30-20-10-6-4-8-16(17)20/h3-13H,1-2H3,(H,24,29)(H,25,26)(H,27,28). The van der Waals surface area contributed by atoms with Gasteiger partial charge in [0.25, 0.3) is 5.91 Å². The number of rotatable bonds is 5. The predicted octanol–water partition coefficient (Wildman–Crippen LogP) is 5.50. The van der Waals surface area contributed by atoms with Gasteiger partial charge in [-0.1, -0.05) is 48.6 Å². The lowest BCUT2D eigenvalue weighted by Gasteiger charge is -2.15. The van der Waals surface area contributed by atoms with Crippen molar-refractivity contribution in [1.82, 2.24) is 10.3 Å². The molecular formula is C23H20N4OS2. The molecule has 0 aliphatic heterocycles. The van der Waals surface area contributed by atoms with E-state index in [-0.39, 0.29) is 5.91 Å². The zero-order chi connectivity index (χ0) is 21.1. The van der Waals surface area contributed by atoms with Gasteiger partial charge in [0, 0.05) is 40.0 Å². The van der Waals surface area contributed by atoms with Gasteiger partial charge >= 0.3 is 0 Å². The van der Waals surface area contributed by atoms with E-state index in [0.717, 1.165) is 26.9 Å². The first-order valence-electron chi connectivity index (χ1n) is 9.39. The number of amides is 1. The van der Waals surface area contributed by atoms with E-state index < -0.39 is 0 Å². The molecule has 0 saturated heterocycles. The molecule has 0 atom stereocenters. The summed E-state index contributed by atoms with van der Waals surface area (Å²) >= 11 is 6.90. The van der Waals surface area contributed by atoms with Gasteiger partial charge in [0.15, 0.2) is 5.82 Å². The Balaban J connectivity index is 1.71. The summed E-state index contributed by atoms with van der Waals surface area (Å²) in [5.74, 6) is 0.370.